The summed E-state index contributed by atoms with van der Waals surface area (Å²) in [5.41, 5.74) is 8.43. The molecule has 0 bridgehead atoms. The van der Waals surface area contributed by atoms with Crippen LogP contribution in [0.1, 0.15) is 24.0 Å². The van der Waals surface area contributed by atoms with Gasteiger partial charge in [0.2, 0.25) is 0 Å². The average Bonchev–Trinajstić information content (AvgIpc) is 2.71. The molecule has 0 aromatic heterocycles. The van der Waals surface area contributed by atoms with Gasteiger partial charge in [0, 0.05) is 17.6 Å². The number of nitrogens with two attached hydrogens (primary N) is 1. The van der Waals surface area contributed by atoms with Crippen LogP contribution in [0.4, 0.5) is 4.39 Å². The SMILES string of the molecule is CN1CCC(N)CC1Cc1c(OCc2ccc(F)cc2)ccc2ccccc12. The molecule has 2 atom stereocenters. The van der Waals surface area contributed by atoms with Crippen LogP contribution in [0, 0.1) is 5.82 Å². The maximum absolute atomic E-state index is 13.2. The quantitative estimate of drug-likeness (QED) is 0.709. The van der Waals surface area contributed by atoms with Gasteiger partial charge in [-0.05, 0) is 67.4 Å². The second-order valence-corrected chi connectivity index (χ2v) is 7.80. The first-order valence-corrected chi connectivity index (χ1v) is 9.94. The van der Waals surface area contributed by atoms with Gasteiger partial charge in [-0.1, -0.05) is 42.5 Å². The number of hydrogen-bond acceptors (Lipinski definition) is 3. The van der Waals surface area contributed by atoms with Crippen molar-refractivity contribution in [1.82, 2.24) is 4.90 Å². The van der Waals surface area contributed by atoms with Crippen molar-refractivity contribution in [2.45, 2.75) is 38.0 Å². The van der Waals surface area contributed by atoms with Gasteiger partial charge in [0.1, 0.15) is 18.2 Å². The molecule has 3 aromatic carbocycles. The molecule has 146 valence electrons. The zero-order valence-electron chi connectivity index (χ0n) is 16.3. The van der Waals surface area contributed by atoms with E-state index in [0.29, 0.717) is 12.6 Å². The predicted octanol–water partition coefficient (Wildman–Crippen LogP) is 4.52. The molecule has 4 rings (SSSR count). The number of piperidine rings is 1. The molecule has 4 heteroatoms. The molecule has 3 nitrogen and oxygen atoms in total. The summed E-state index contributed by atoms with van der Waals surface area (Å²) in [5, 5.41) is 2.45. The van der Waals surface area contributed by atoms with E-state index in [0.717, 1.165) is 37.1 Å². The number of halogens is 1. The lowest BCUT2D eigenvalue weighted by atomic mass is 9.90. The molecule has 2 unspecified atom stereocenters. The van der Waals surface area contributed by atoms with Crippen LogP contribution in [0.5, 0.6) is 5.75 Å². The zero-order valence-corrected chi connectivity index (χ0v) is 16.3. The molecule has 28 heavy (non-hydrogen) atoms. The standard InChI is InChI=1S/C24H27FN2O/c1-27-13-12-20(26)14-21(27)15-23-22-5-3-2-4-18(22)8-11-24(23)28-16-17-6-9-19(25)10-7-17/h2-11,20-21H,12-16,26H2,1H3. The first kappa shape index (κ1) is 18.9. The second kappa shape index (κ2) is 8.29. The van der Waals surface area contributed by atoms with Crippen LogP contribution in [0.25, 0.3) is 10.8 Å². The fourth-order valence-corrected chi connectivity index (χ4v) is 4.08. The Morgan fingerprint density at radius 1 is 1.07 bits per heavy atom. The summed E-state index contributed by atoms with van der Waals surface area (Å²) in [4.78, 5) is 2.41. The minimum Gasteiger partial charge on any atom is -0.489 e. The normalized spacial score (nSPS) is 20.4. The number of likely N-dealkylation sites (tertiary alicyclic amines) is 1. The molecular weight excluding hydrogens is 351 g/mol. The summed E-state index contributed by atoms with van der Waals surface area (Å²) in [6, 6.07) is 19.8. The summed E-state index contributed by atoms with van der Waals surface area (Å²) in [7, 11) is 2.18. The van der Waals surface area contributed by atoms with Crippen molar-refractivity contribution < 1.29 is 9.13 Å². The van der Waals surface area contributed by atoms with Crippen molar-refractivity contribution in [1.29, 1.82) is 0 Å². The summed E-state index contributed by atoms with van der Waals surface area (Å²) in [5.74, 6) is 0.669. The Kier molecular flexibility index (Phi) is 5.60. The molecule has 3 aromatic rings. The maximum atomic E-state index is 13.2. The van der Waals surface area contributed by atoms with Gasteiger partial charge < -0.3 is 15.4 Å². The van der Waals surface area contributed by atoms with Crippen LogP contribution < -0.4 is 10.5 Å². The fraction of sp³-hybridized carbons (Fsp3) is 0.333. The Balaban J connectivity index is 1.63. The van der Waals surface area contributed by atoms with Crippen molar-refractivity contribution >= 4 is 10.8 Å². The number of benzene rings is 3. The van der Waals surface area contributed by atoms with Crippen LogP contribution >= 0.6 is 0 Å². The number of rotatable bonds is 5. The van der Waals surface area contributed by atoms with E-state index in [4.69, 9.17) is 10.5 Å². The summed E-state index contributed by atoms with van der Waals surface area (Å²) >= 11 is 0. The van der Waals surface area contributed by atoms with Crippen LogP contribution in [0.2, 0.25) is 0 Å². The van der Waals surface area contributed by atoms with Crippen molar-refractivity contribution in [3.63, 3.8) is 0 Å². The fourth-order valence-electron chi connectivity index (χ4n) is 4.08. The number of ether oxygens (including phenoxy) is 1. The third-order valence-electron chi connectivity index (χ3n) is 5.80. The molecule has 1 heterocycles. The van der Waals surface area contributed by atoms with Gasteiger partial charge in [0.15, 0.2) is 0 Å². The molecule has 0 spiro atoms. The lowest BCUT2D eigenvalue weighted by Gasteiger charge is -2.36. The summed E-state index contributed by atoms with van der Waals surface area (Å²) in [6.45, 7) is 1.45. The van der Waals surface area contributed by atoms with Crippen molar-refractivity contribution in [2.75, 3.05) is 13.6 Å². The lowest BCUT2D eigenvalue weighted by molar-refractivity contribution is 0.168. The third-order valence-corrected chi connectivity index (χ3v) is 5.80. The van der Waals surface area contributed by atoms with Gasteiger partial charge in [-0.2, -0.15) is 0 Å². The smallest absolute Gasteiger partial charge is 0.123 e. The van der Waals surface area contributed by atoms with E-state index in [1.54, 1.807) is 12.1 Å². The van der Waals surface area contributed by atoms with Crippen molar-refractivity contribution in [2.24, 2.45) is 5.73 Å². The minimum absolute atomic E-state index is 0.230. The van der Waals surface area contributed by atoms with Gasteiger partial charge in [-0.3, -0.25) is 0 Å². The largest absolute Gasteiger partial charge is 0.489 e. The van der Waals surface area contributed by atoms with E-state index >= 15 is 0 Å². The Labute approximate surface area is 165 Å². The van der Waals surface area contributed by atoms with Crippen LogP contribution in [-0.2, 0) is 13.0 Å². The van der Waals surface area contributed by atoms with E-state index in [1.165, 1.54) is 28.5 Å². The van der Waals surface area contributed by atoms with Crippen molar-refractivity contribution in [3.05, 3.63) is 77.6 Å². The Hall–Kier alpha value is -2.43. The first-order valence-electron chi connectivity index (χ1n) is 9.94. The van der Waals surface area contributed by atoms with E-state index in [9.17, 15) is 4.39 Å². The van der Waals surface area contributed by atoms with Gasteiger partial charge in [-0.25, -0.2) is 4.39 Å². The van der Waals surface area contributed by atoms with E-state index in [1.807, 2.05) is 0 Å². The summed E-state index contributed by atoms with van der Waals surface area (Å²) in [6.07, 6.45) is 2.96. The Bertz CT molecular complexity index is 941. The van der Waals surface area contributed by atoms with Gasteiger partial charge in [0.05, 0.1) is 0 Å². The third kappa shape index (κ3) is 4.18. The number of fused-ring (bicyclic) bond motifs is 1. The monoisotopic (exact) mass is 378 g/mol. The van der Waals surface area contributed by atoms with Crippen LogP contribution in [-0.4, -0.2) is 30.6 Å². The van der Waals surface area contributed by atoms with Crippen LogP contribution in [0.3, 0.4) is 0 Å². The second-order valence-electron chi connectivity index (χ2n) is 7.80. The number of hydrogen-bond donors (Lipinski definition) is 1. The molecular formula is C24H27FN2O. The zero-order chi connectivity index (χ0) is 19.5. The van der Waals surface area contributed by atoms with E-state index < -0.39 is 0 Å². The first-order chi connectivity index (χ1) is 13.6. The molecule has 1 fully saturated rings. The van der Waals surface area contributed by atoms with Gasteiger partial charge in [0.25, 0.3) is 0 Å². The molecule has 1 aliphatic heterocycles. The van der Waals surface area contributed by atoms with Crippen molar-refractivity contribution in [3.8, 4) is 5.75 Å². The molecule has 2 N–H and O–H groups in total. The molecule has 1 aliphatic rings. The van der Waals surface area contributed by atoms with E-state index in [2.05, 4.69) is 48.3 Å². The maximum Gasteiger partial charge on any atom is 0.123 e. The molecule has 1 saturated heterocycles. The number of likely N-dealkylation sites (N-methyl/N-ethyl adjacent to an activating group) is 1. The highest BCUT2D eigenvalue weighted by molar-refractivity contribution is 5.87. The topological polar surface area (TPSA) is 38.5 Å². The number of nitrogens with zero attached hydrogens (tertiary/aromatic N) is 1. The highest BCUT2D eigenvalue weighted by Gasteiger charge is 2.25. The lowest BCUT2D eigenvalue weighted by Crippen LogP contribution is -2.45. The summed E-state index contributed by atoms with van der Waals surface area (Å²) < 4.78 is 19.4. The van der Waals surface area contributed by atoms with E-state index in [-0.39, 0.29) is 11.9 Å². The predicted molar refractivity (Wildman–Crippen MR) is 112 cm³/mol. The highest BCUT2D eigenvalue weighted by atomic mass is 19.1. The average molecular weight is 378 g/mol. The van der Waals surface area contributed by atoms with Gasteiger partial charge >= 0.3 is 0 Å². The minimum atomic E-state index is -0.230. The molecule has 0 aliphatic carbocycles. The molecule has 0 radical (unpaired) electrons. The van der Waals surface area contributed by atoms with Crippen LogP contribution in [0.15, 0.2) is 60.7 Å². The Morgan fingerprint density at radius 3 is 2.68 bits per heavy atom. The molecule has 0 saturated carbocycles. The highest BCUT2D eigenvalue weighted by Crippen LogP contribution is 2.32. The Morgan fingerprint density at radius 2 is 1.86 bits per heavy atom. The molecule has 0 amide bonds. The van der Waals surface area contributed by atoms with Gasteiger partial charge in [-0.15, -0.1) is 0 Å².